The Bertz CT molecular complexity index is 1290. The van der Waals surface area contributed by atoms with Crippen molar-refractivity contribution < 1.29 is 9.21 Å². The smallest absolute Gasteiger partial charge is 0.197 e. The molecule has 0 radical (unpaired) electrons. The van der Waals surface area contributed by atoms with Crippen molar-refractivity contribution in [2.24, 2.45) is 0 Å². The van der Waals surface area contributed by atoms with Gasteiger partial charge in [0, 0.05) is 17.1 Å². The first-order chi connectivity index (χ1) is 14.3. The molecule has 3 heteroatoms. The number of hydrogen-bond acceptors (Lipinski definition) is 3. The minimum atomic E-state index is -0.0739. The van der Waals surface area contributed by atoms with Crippen LogP contribution in [0.2, 0.25) is 0 Å². The van der Waals surface area contributed by atoms with E-state index in [4.69, 9.17) is 4.42 Å². The van der Waals surface area contributed by atoms with Crippen LogP contribution in [0.15, 0.2) is 108 Å². The zero-order valence-corrected chi connectivity index (χ0v) is 15.6. The number of carbonyl (C=O) groups is 1. The van der Waals surface area contributed by atoms with Gasteiger partial charge in [0.2, 0.25) is 0 Å². The van der Waals surface area contributed by atoms with Crippen LogP contribution in [0.1, 0.15) is 15.9 Å². The number of para-hydroxylation sites is 1. The lowest BCUT2D eigenvalue weighted by Gasteiger charge is -2.05. The van der Waals surface area contributed by atoms with Gasteiger partial charge in [0.1, 0.15) is 11.3 Å². The van der Waals surface area contributed by atoms with Crippen LogP contribution in [-0.2, 0) is 0 Å². The third-order valence-corrected chi connectivity index (χ3v) is 4.97. The van der Waals surface area contributed by atoms with E-state index in [9.17, 15) is 4.79 Å². The highest BCUT2D eigenvalue weighted by Gasteiger charge is 2.23. The average molecular weight is 375 g/mol. The van der Waals surface area contributed by atoms with Crippen molar-refractivity contribution in [2.75, 3.05) is 0 Å². The van der Waals surface area contributed by atoms with E-state index in [1.165, 1.54) is 0 Å². The summed E-state index contributed by atoms with van der Waals surface area (Å²) in [7, 11) is 0. The van der Waals surface area contributed by atoms with E-state index >= 15 is 0 Å². The summed E-state index contributed by atoms with van der Waals surface area (Å²) in [4.78, 5) is 17.9. The molecule has 0 aliphatic rings. The number of fused-ring (bicyclic) bond motifs is 1. The zero-order chi connectivity index (χ0) is 19.6. The molecule has 3 nitrogen and oxygen atoms in total. The van der Waals surface area contributed by atoms with Crippen LogP contribution < -0.4 is 0 Å². The highest BCUT2D eigenvalue weighted by Crippen LogP contribution is 2.34. The van der Waals surface area contributed by atoms with Crippen molar-refractivity contribution in [3.05, 3.63) is 114 Å². The van der Waals surface area contributed by atoms with Crippen molar-refractivity contribution in [1.29, 1.82) is 0 Å². The van der Waals surface area contributed by atoms with E-state index in [2.05, 4.69) is 17.1 Å². The van der Waals surface area contributed by atoms with Gasteiger partial charge in [-0.1, -0.05) is 78.9 Å². The molecule has 5 aromatic rings. The van der Waals surface area contributed by atoms with Gasteiger partial charge >= 0.3 is 0 Å². The van der Waals surface area contributed by atoms with Crippen LogP contribution in [0.25, 0.3) is 33.6 Å². The molecule has 0 saturated carbocycles. The fourth-order valence-corrected chi connectivity index (χ4v) is 3.54. The Morgan fingerprint density at radius 2 is 1.38 bits per heavy atom. The number of benzene rings is 3. The second-order valence-corrected chi connectivity index (χ2v) is 6.79. The summed E-state index contributed by atoms with van der Waals surface area (Å²) < 4.78 is 6.04. The number of hydrogen-bond donors (Lipinski definition) is 0. The maximum absolute atomic E-state index is 13.5. The molecule has 0 saturated heterocycles. The van der Waals surface area contributed by atoms with Gasteiger partial charge in [0.15, 0.2) is 11.5 Å². The van der Waals surface area contributed by atoms with Crippen molar-refractivity contribution in [2.45, 2.75) is 0 Å². The summed E-state index contributed by atoms with van der Waals surface area (Å²) in [5.41, 5.74) is 4.68. The first-order valence-electron chi connectivity index (χ1n) is 9.44. The van der Waals surface area contributed by atoms with Crippen LogP contribution in [0.3, 0.4) is 0 Å². The van der Waals surface area contributed by atoms with E-state index in [1.807, 2.05) is 84.9 Å². The summed E-state index contributed by atoms with van der Waals surface area (Å²) in [6.07, 6.45) is 1.70. The number of pyridine rings is 1. The molecule has 0 amide bonds. The Kier molecular flexibility index (Phi) is 4.26. The lowest BCUT2D eigenvalue weighted by Crippen LogP contribution is -2.02. The molecule has 0 aliphatic heterocycles. The molecule has 0 atom stereocenters. The van der Waals surface area contributed by atoms with E-state index in [1.54, 1.807) is 6.20 Å². The second-order valence-electron chi connectivity index (χ2n) is 6.79. The summed E-state index contributed by atoms with van der Waals surface area (Å²) in [5, 5.41) is 0.797. The molecule has 0 unspecified atom stereocenters. The largest absolute Gasteiger partial charge is 0.454 e. The number of rotatable bonds is 4. The van der Waals surface area contributed by atoms with E-state index < -0.39 is 0 Å². The third kappa shape index (κ3) is 3.13. The van der Waals surface area contributed by atoms with Gasteiger partial charge in [-0.15, -0.1) is 0 Å². The predicted molar refractivity (Wildman–Crippen MR) is 115 cm³/mol. The summed E-state index contributed by atoms with van der Waals surface area (Å²) >= 11 is 0. The minimum Gasteiger partial charge on any atom is -0.454 e. The summed E-state index contributed by atoms with van der Waals surface area (Å²) in [6, 6.07) is 31.0. The van der Waals surface area contributed by atoms with Gasteiger partial charge in [-0.2, -0.15) is 0 Å². The highest BCUT2D eigenvalue weighted by molar-refractivity contribution is 6.19. The predicted octanol–water partition coefficient (Wildman–Crippen LogP) is 6.39. The standard InChI is InChI=1S/C26H17NO2/c28-25(20-15-13-19(14-16-20)18-8-2-1-3-9-18)24-21-10-4-5-12-23(21)29-26(24)22-11-6-7-17-27-22/h1-17H. The van der Waals surface area contributed by atoms with E-state index in [0.717, 1.165) is 16.5 Å². The van der Waals surface area contributed by atoms with Gasteiger partial charge in [-0.3, -0.25) is 9.78 Å². The Hall–Kier alpha value is -3.98. The monoisotopic (exact) mass is 375 g/mol. The van der Waals surface area contributed by atoms with Crippen LogP contribution >= 0.6 is 0 Å². The molecule has 2 heterocycles. The molecule has 138 valence electrons. The molecule has 0 bridgehead atoms. The lowest BCUT2D eigenvalue weighted by atomic mass is 9.97. The molecule has 0 fully saturated rings. The molecular formula is C26H17NO2. The highest BCUT2D eigenvalue weighted by atomic mass is 16.3. The van der Waals surface area contributed by atoms with E-state index in [0.29, 0.717) is 28.2 Å². The normalized spacial score (nSPS) is 10.9. The zero-order valence-electron chi connectivity index (χ0n) is 15.6. The first-order valence-corrected chi connectivity index (χ1v) is 9.44. The summed E-state index contributed by atoms with van der Waals surface area (Å²) in [6.45, 7) is 0. The van der Waals surface area contributed by atoms with Gasteiger partial charge < -0.3 is 4.42 Å². The van der Waals surface area contributed by atoms with Gasteiger partial charge in [0.25, 0.3) is 0 Å². The number of furan rings is 1. The minimum absolute atomic E-state index is 0.0739. The topological polar surface area (TPSA) is 43.1 Å². The van der Waals surface area contributed by atoms with Crippen LogP contribution in [0.4, 0.5) is 0 Å². The van der Waals surface area contributed by atoms with Gasteiger partial charge in [-0.05, 0) is 29.3 Å². The van der Waals surface area contributed by atoms with Crippen molar-refractivity contribution >= 4 is 16.8 Å². The molecule has 0 spiro atoms. The Morgan fingerprint density at radius 1 is 0.690 bits per heavy atom. The van der Waals surface area contributed by atoms with Crippen LogP contribution in [0, 0.1) is 0 Å². The Balaban J connectivity index is 1.61. The SMILES string of the molecule is O=C(c1ccc(-c2ccccc2)cc1)c1c(-c2ccccn2)oc2ccccc12. The molecule has 0 aliphatic carbocycles. The average Bonchev–Trinajstić information content (AvgIpc) is 3.19. The fraction of sp³-hybridized carbons (Fsp3) is 0. The molecule has 2 aromatic heterocycles. The van der Waals surface area contributed by atoms with Crippen LogP contribution in [0.5, 0.6) is 0 Å². The third-order valence-electron chi connectivity index (χ3n) is 4.97. The molecular weight excluding hydrogens is 358 g/mol. The second kappa shape index (κ2) is 7.21. The number of carbonyl (C=O) groups excluding carboxylic acids is 1. The fourth-order valence-electron chi connectivity index (χ4n) is 3.54. The molecule has 3 aromatic carbocycles. The molecule has 29 heavy (non-hydrogen) atoms. The number of aromatic nitrogens is 1. The van der Waals surface area contributed by atoms with Gasteiger partial charge in [0.05, 0.1) is 5.56 Å². The maximum Gasteiger partial charge on any atom is 0.197 e. The Morgan fingerprint density at radius 3 is 2.14 bits per heavy atom. The van der Waals surface area contributed by atoms with Crippen molar-refractivity contribution in [1.82, 2.24) is 4.98 Å². The number of nitrogens with zero attached hydrogens (tertiary/aromatic N) is 1. The van der Waals surface area contributed by atoms with Crippen molar-refractivity contribution in [3.8, 4) is 22.6 Å². The molecule has 5 rings (SSSR count). The maximum atomic E-state index is 13.5. The van der Waals surface area contributed by atoms with Crippen LogP contribution in [-0.4, -0.2) is 10.8 Å². The van der Waals surface area contributed by atoms with E-state index in [-0.39, 0.29) is 5.78 Å². The Labute approximate surface area is 168 Å². The van der Waals surface area contributed by atoms with Crippen molar-refractivity contribution in [3.63, 3.8) is 0 Å². The molecule has 0 N–H and O–H groups in total. The van der Waals surface area contributed by atoms with Gasteiger partial charge in [-0.25, -0.2) is 0 Å². The quantitative estimate of drug-likeness (QED) is 0.342. The summed E-state index contributed by atoms with van der Waals surface area (Å²) in [5.74, 6) is 0.430. The lowest BCUT2D eigenvalue weighted by molar-refractivity contribution is 0.104. The first kappa shape index (κ1) is 17.1. The number of ketones is 1.